The Kier molecular flexibility index (Phi) is 2.25. The quantitative estimate of drug-likeness (QED) is 0.649. The molecular weight excluding hydrogens is 189 g/mol. The van der Waals surface area contributed by atoms with Gasteiger partial charge in [-0.15, -0.1) is 0 Å². The van der Waals surface area contributed by atoms with Gasteiger partial charge in [0.05, 0.1) is 6.42 Å². The van der Waals surface area contributed by atoms with Crippen LogP contribution in [0, 0.1) is 5.92 Å². The van der Waals surface area contributed by atoms with Crippen molar-refractivity contribution in [2.24, 2.45) is 0 Å². The molecule has 1 aliphatic rings. The third-order valence-corrected chi connectivity index (χ3v) is 2.51. The molecule has 1 aromatic rings. The monoisotopic (exact) mass is 199 g/mol. The second-order valence-corrected chi connectivity index (χ2v) is 3.55. The number of halogens is 3. The van der Waals surface area contributed by atoms with Gasteiger partial charge in [0.15, 0.2) is 0 Å². The summed E-state index contributed by atoms with van der Waals surface area (Å²) >= 11 is 0. The predicted molar refractivity (Wildman–Crippen MR) is 47.8 cm³/mol. The van der Waals surface area contributed by atoms with Crippen LogP contribution >= 0.6 is 0 Å². The predicted octanol–water partition coefficient (Wildman–Crippen LogP) is 3.51. The summed E-state index contributed by atoms with van der Waals surface area (Å²) in [6.45, 7) is 0. The summed E-state index contributed by atoms with van der Waals surface area (Å²) in [4.78, 5) is 0. The topological polar surface area (TPSA) is 0 Å². The van der Waals surface area contributed by atoms with Gasteiger partial charge in [-0.25, -0.2) is 0 Å². The second kappa shape index (κ2) is 3.30. The van der Waals surface area contributed by atoms with Gasteiger partial charge in [0.25, 0.3) is 0 Å². The van der Waals surface area contributed by atoms with Crippen LogP contribution < -0.4 is 0 Å². The number of fused-ring (bicyclic) bond motifs is 1. The fourth-order valence-corrected chi connectivity index (χ4v) is 1.93. The van der Waals surface area contributed by atoms with Crippen molar-refractivity contribution in [1.82, 2.24) is 0 Å². The maximum Gasteiger partial charge on any atom is 0.390 e. The van der Waals surface area contributed by atoms with Crippen LogP contribution in [0.3, 0.4) is 0 Å². The first kappa shape index (κ1) is 9.56. The molecule has 0 bridgehead atoms. The highest BCUT2D eigenvalue weighted by Crippen LogP contribution is 2.39. The van der Waals surface area contributed by atoms with E-state index >= 15 is 0 Å². The molecule has 0 N–H and O–H groups in total. The molecule has 0 saturated heterocycles. The van der Waals surface area contributed by atoms with Crippen LogP contribution in [0.1, 0.15) is 24.0 Å². The molecule has 0 nitrogen and oxygen atoms in total. The first-order valence-electron chi connectivity index (χ1n) is 4.56. The van der Waals surface area contributed by atoms with Gasteiger partial charge in [0, 0.05) is 5.92 Å². The minimum Gasteiger partial charge on any atom is -0.171 e. The maximum absolute atomic E-state index is 12.2. The Morgan fingerprint density at radius 3 is 2.50 bits per heavy atom. The number of hydrogen-bond donors (Lipinski definition) is 0. The number of rotatable bonds is 1. The fourth-order valence-electron chi connectivity index (χ4n) is 1.93. The Bertz CT molecular complexity index is 328. The van der Waals surface area contributed by atoms with E-state index in [0.717, 1.165) is 17.5 Å². The van der Waals surface area contributed by atoms with E-state index in [0.29, 0.717) is 12.3 Å². The average Bonchev–Trinajstić information content (AvgIpc) is 2.47. The molecule has 0 atom stereocenters. The first-order valence-corrected chi connectivity index (χ1v) is 4.56. The lowest BCUT2D eigenvalue weighted by atomic mass is 9.98. The third kappa shape index (κ3) is 1.91. The average molecular weight is 199 g/mol. The van der Waals surface area contributed by atoms with Crippen LogP contribution in [0.5, 0.6) is 0 Å². The second-order valence-electron chi connectivity index (χ2n) is 3.55. The van der Waals surface area contributed by atoms with Crippen molar-refractivity contribution in [3.05, 3.63) is 41.3 Å². The lowest BCUT2D eigenvalue weighted by molar-refractivity contribution is -0.130. The van der Waals surface area contributed by atoms with Gasteiger partial charge in [-0.2, -0.15) is 13.2 Å². The van der Waals surface area contributed by atoms with Crippen molar-refractivity contribution in [3.8, 4) is 0 Å². The van der Waals surface area contributed by atoms with Crippen molar-refractivity contribution >= 4 is 0 Å². The van der Waals surface area contributed by atoms with E-state index in [2.05, 4.69) is 0 Å². The Balaban J connectivity index is 2.18. The van der Waals surface area contributed by atoms with E-state index in [1.54, 1.807) is 12.1 Å². The Hall–Kier alpha value is -0.990. The Morgan fingerprint density at radius 2 is 1.79 bits per heavy atom. The molecule has 1 radical (unpaired) electrons. The third-order valence-electron chi connectivity index (χ3n) is 2.51. The minimum atomic E-state index is -4.08. The molecule has 0 aromatic heterocycles. The van der Waals surface area contributed by atoms with Crippen LogP contribution in [-0.4, -0.2) is 6.18 Å². The molecule has 0 saturated carbocycles. The molecular formula is C11H10F3. The lowest BCUT2D eigenvalue weighted by Crippen LogP contribution is -2.12. The molecule has 0 aliphatic heterocycles. The van der Waals surface area contributed by atoms with Gasteiger partial charge < -0.3 is 0 Å². The molecule has 0 fully saturated rings. The summed E-state index contributed by atoms with van der Waals surface area (Å²) in [5.74, 6) is 0.535. The molecule has 1 aromatic carbocycles. The molecule has 1 aliphatic carbocycles. The summed E-state index contributed by atoms with van der Waals surface area (Å²) < 4.78 is 36.5. The van der Waals surface area contributed by atoms with Crippen molar-refractivity contribution in [1.29, 1.82) is 0 Å². The zero-order chi connectivity index (χ0) is 10.2. The summed E-state index contributed by atoms with van der Waals surface area (Å²) in [7, 11) is 0. The van der Waals surface area contributed by atoms with E-state index in [-0.39, 0.29) is 0 Å². The van der Waals surface area contributed by atoms with Crippen LogP contribution in [-0.2, 0) is 6.42 Å². The van der Waals surface area contributed by atoms with Gasteiger partial charge in [-0.3, -0.25) is 0 Å². The summed E-state index contributed by atoms with van der Waals surface area (Å²) in [6, 6.07) is 7.35. The van der Waals surface area contributed by atoms with Crippen molar-refractivity contribution < 1.29 is 13.2 Å². The molecule has 2 rings (SSSR count). The van der Waals surface area contributed by atoms with Gasteiger partial charge >= 0.3 is 6.18 Å². The summed E-state index contributed by atoms with van der Waals surface area (Å²) in [6.07, 6.45) is -3.53. The Morgan fingerprint density at radius 1 is 1.07 bits per heavy atom. The number of benzene rings is 1. The van der Waals surface area contributed by atoms with Gasteiger partial charge in [0.1, 0.15) is 0 Å². The summed E-state index contributed by atoms with van der Waals surface area (Å²) in [5, 5.41) is 0. The van der Waals surface area contributed by atoms with Gasteiger partial charge in [0.2, 0.25) is 0 Å². The van der Waals surface area contributed by atoms with Gasteiger partial charge in [-0.05, 0) is 24.0 Å². The minimum absolute atomic E-state index is 0.535. The van der Waals surface area contributed by atoms with Crippen LogP contribution in [0.15, 0.2) is 24.3 Å². The number of aryl methyl sites for hydroxylation is 1. The fraction of sp³-hybridized carbons (Fsp3) is 0.364. The van der Waals surface area contributed by atoms with Crippen LogP contribution in [0.25, 0.3) is 0 Å². The SMILES string of the molecule is FC(F)(F)C[C]1CCc2ccccc21. The van der Waals surface area contributed by atoms with Crippen LogP contribution in [0.2, 0.25) is 0 Å². The van der Waals surface area contributed by atoms with Crippen molar-refractivity contribution in [3.63, 3.8) is 0 Å². The van der Waals surface area contributed by atoms with E-state index < -0.39 is 12.6 Å². The Labute approximate surface area is 80.7 Å². The highest BCUT2D eigenvalue weighted by molar-refractivity contribution is 5.43. The molecule has 0 unspecified atom stereocenters. The van der Waals surface area contributed by atoms with E-state index in [1.165, 1.54) is 0 Å². The first-order chi connectivity index (χ1) is 6.56. The zero-order valence-electron chi connectivity index (χ0n) is 7.56. The standard InChI is InChI=1S/C11H10F3/c12-11(13,14)7-9-6-5-8-3-1-2-4-10(8)9/h1-4H,5-7H2. The molecule has 75 valence electrons. The van der Waals surface area contributed by atoms with Crippen molar-refractivity contribution in [2.75, 3.05) is 0 Å². The maximum atomic E-state index is 12.2. The molecule has 0 amide bonds. The normalized spacial score (nSPS) is 17.1. The molecule has 3 heteroatoms. The van der Waals surface area contributed by atoms with E-state index in [1.807, 2.05) is 12.1 Å². The van der Waals surface area contributed by atoms with Crippen molar-refractivity contribution in [2.45, 2.75) is 25.4 Å². The van der Waals surface area contributed by atoms with Crippen LogP contribution in [0.4, 0.5) is 13.2 Å². The zero-order valence-corrected chi connectivity index (χ0v) is 7.56. The molecule has 0 heterocycles. The summed E-state index contributed by atoms with van der Waals surface area (Å²) in [5.41, 5.74) is 1.86. The smallest absolute Gasteiger partial charge is 0.171 e. The highest BCUT2D eigenvalue weighted by Gasteiger charge is 2.35. The highest BCUT2D eigenvalue weighted by atomic mass is 19.4. The largest absolute Gasteiger partial charge is 0.390 e. The lowest BCUT2D eigenvalue weighted by Gasteiger charge is -2.13. The van der Waals surface area contributed by atoms with E-state index in [4.69, 9.17) is 0 Å². The molecule has 14 heavy (non-hydrogen) atoms. The number of alkyl halides is 3. The number of hydrogen-bond acceptors (Lipinski definition) is 0. The van der Waals surface area contributed by atoms with E-state index in [9.17, 15) is 13.2 Å². The van der Waals surface area contributed by atoms with Gasteiger partial charge in [-0.1, -0.05) is 24.3 Å². The molecule has 0 spiro atoms.